The summed E-state index contributed by atoms with van der Waals surface area (Å²) in [6, 6.07) is 0. The van der Waals surface area contributed by atoms with Gasteiger partial charge in [0.15, 0.2) is 0 Å². The van der Waals surface area contributed by atoms with Crippen molar-refractivity contribution in [1.29, 1.82) is 0 Å². The van der Waals surface area contributed by atoms with E-state index in [4.69, 9.17) is 0 Å². The van der Waals surface area contributed by atoms with Crippen molar-refractivity contribution in [3.05, 3.63) is 0 Å². The topological polar surface area (TPSA) is 27.6 Å². The van der Waals surface area contributed by atoms with Crippen LogP contribution in [0.4, 0.5) is 0 Å². The maximum atomic E-state index is 3.87. The molecule has 0 aromatic carbocycles. The Bertz CT molecular complexity index is 126. The third kappa shape index (κ3) is 14.3. The summed E-state index contributed by atoms with van der Waals surface area (Å²) in [7, 11) is 0. The first-order chi connectivity index (χ1) is 7.77. The molecule has 16 heavy (non-hydrogen) atoms. The first-order valence-electron chi connectivity index (χ1n) is 7.18. The second-order valence-electron chi connectivity index (χ2n) is 4.96. The van der Waals surface area contributed by atoms with Gasteiger partial charge in [-0.2, -0.15) is 11.8 Å². The van der Waals surface area contributed by atoms with Gasteiger partial charge in [0.25, 0.3) is 0 Å². The molecule has 0 spiro atoms. The van der Waals surface area contributed by atoms with Crippen molar-refractivity contribution in [2.45, 2.75) is 76.9 Å². The van der Waals surface area contributed by atoms with Crippen LogP contribution in [0.15, 0.2) is 0 Å². The zero-order chi connectivity index (χ0) is 12.1. The molecule has 2 heteroatoms. The lowest BCUT2D eigenvalue weighted by molar-refractivity contribution is -0.368. The molecule has 1 nitrogen and oxygen atoms in total. The van der Waals surface area contributed by atoms with Gasteiger partial charge in [-0.1, -0.05) is 52.4 Å². The molecule has 0 aromatic rings. The molecule has 0 aliphatic rings. The first-order valence-corrected chi connectivity index (χ1v) is 8.23. The van der Waals surface area contributed by atoms with Gasteiger partial charge in [0.1, 0.15) is 0 Å². The Labute approximate surface area is 107 Å². The molecule has 0 bridgehead atoms. The molecule has 0 aromatic heterocycles. The number of hydrogen-bond donors (Lipinski definition) is 1. The van der Waals surface area contributed by atoms with Crippen molar-refractivity contribution in [1.82, 2.24) is 0 Å². The second-order valence-corrected chi connectivity index (χ2v) is 6.64. The van der Waals surface area contributed by atoms with Crippen molar-refractivity contribution >= 4 is 11.8 Å². The fourth-order valence-corrected chi connectivity index (χ4v) is 2.68. The Morgan fingerprint density at radius 3 is 1.62 bits per heavy atom. The Hall–Kier alpha value is 0.310. The van der Waals surface area contributed by atoms with Gasteiger partial charge >= 0.3 is 0 Å². The van der Waals surface area contributed by atoms with Crippen LogP contribution in [-0.2, 0) is 0 Å². The zero-order valence-electron chi connectivity index (χ0n) is 11.5. The molecule has 0 aliphatic carbocycles. The fourth-order valence-electron chi connectivity index (χ4n) is 1.84. The molecular weight excluding hydrogens is 214 g/mol. The van der Waals surface area contributed by atoms with Crippen LogP contribution in [0.3, 0.4) is 0 Å². The molecule has 98 valence electrons. The van der Waals surface area contributed by atoms with Crippen LogP contribution in [0, 0.1) is 0 Å². The summed E-state index contributed by atoms with van der Waals surface area (Å²) in [5.41, 5.74) is 3.87. The first kappa shape index (κ1) is 16.3. The molecule has 0 saturated heterocycles. The van der Waals surface area contributed by atoms with Crippen LogP contribution in [0.1, 0.15) is 71.6 Å². The molecule has 0 radical (unpaired) electrons. The van der Waals surface area contributed by atoms with Gasteiger partial charge in [0.05, 0.1) is 6.54 Å². The van der Waals surface area contributed by atoms with E-state index in [1.807, 2.05) is 0 Å². The van der Waals surface area contributed by atoms with Crippen LogP contribution >= 0.6 is 11.8 Å². The number of hydrogen-bond acceptors (Lipinski definition) is 1. The van der Waals surface area contributed by atoms with Crippen LogP contribution < -0.4 is 5.73 Å². The van der Waals surface area contributed by atoms with E-state index in [-0.39, 0.29) is 0 Å². The van der Waals surface area contributed by atoms with Crippen LogP contribution in [0.2, 0.25) is 0 Å². The maximum absolute atomic E-state index is 3.87. The zero-order valence-corrected chi connectivity index (χ0v) is 12.3. The number of thioether (sulfide) groups is 1. The summed E-state index contributed by atoms with van der Waals surface area (Å²) >= 11 is 2.10. The fraction of sp³-hybridized carbons (Fsp3) is 1.00. The lowest BCUT2D eigenvalue weighted by atomic mass is 10.1. The standard InChI is InChI=1S/C14H31NS/c1-14(2)16-13-11-9-7-5-3-4-6-8-10-12-15/h14H,3-13,15H2,1-2H3/p+1. The lowest BCUT2D eigenvalue weighted by Crippen LogP contribution is -2.50. The quantitative estimate of drug-likeness (QED) is 0.520. The van der Waals surface area contributed by atoms with E-state index in [9.17, 15) is 0 Å². The third-order valence-corrected chi connectivity index (χ3v) is 4.04. The molecule has 0 atom stereocenters. The molecule has 0 rings (SSSR count). The largest absolute Gasteiger partial charge is 0.358 e. The van der Waals surface area contributed by atoms with Crippen molar-refractivity contribution in [2.75, 3.05) is 12.3 Å². The average molecular weight is 246 g/mol. The van der Waals surface area contributed by atoms with E-state index in [2.05, 4.69) is 31.3 Å². The molecule has 0 amide bonds. The summed E-state index contributed by atoms with van der Waals surface area (Å²) in [5, 5.41) is 0.813. The van der Waals surface area contributed by atoms with Crippen molar-refractivity contribution in [3.8, 4) is 0 Å². The summed E-state index contributed by atoms with van der Waals surface area (Å²) in [5.74, 6) is 1.36. The summed E-state index contributed by atoms with van der Waals surface area (Å²) in [4.78, 5) is 0. The van der Waals surface area contributed by atoms with Crippen LogP contribution in [0.5, 0.6) is 0 Å². The average Bonchev–Trinajstić information content (AvgIpc) is 2.25. The second kappa shape index (κ2) is 13.4. The van der Waals surface area contributed by atoms with Gasteiger partial charge in [0.2, 0.25) is 0 Å². The highest BCUT2D eigenvalue weighted by molar-refractivity contribution is 7.99. The van der Waals surface area contributed by atoms with E-state index in [0.29, 0.717) is 0 Å². The SMILES string of the molecule is CC(C)SCCCCCCCCCCC[NH3+]. The Morgan fingerprint density at radius 2 is 1.19 bits per heavy atom. The Balaban J connectivity index is 2.88. The van der Waals surface area contributed by atoms with Gasteiger partial charge in [-0.15, -0.1) is 0 Å². The van der Waals surface area contributed by atoms with Gasteiger partial charge in [0, 0.05) is 0 Å². The Kier molecular flexibility index (Phi) is 13.6. The molecule has 0 unspecified atom stereocenters. The smallest absolute Gasteiger partial charge is 0.0739 e. The van der Waals surface area contributed by atoms with E-state index < -0.39 is 0 Å². The van der Waals surface area contributed by atoms with Crippen molar-refractivity contribution in [3.63, 3.8) is 0 Å². The minimum atomic E-state index is 0.813. The van der Waals surface area contributed by atoms with Crippen molar-refractivity contribution < 1.29 is 5.73 Å². The predicted molar refractivity (Wildman–Crippen MR) is 76.9 cm³/mol. The Morgan fingerprint density at radius 1 is 0.750 bits per heavy atom. The van der Waals surface area contributed by atoms with Gasteiger partial charge in [-0.25, -0.2) is 0 Å². The molecular formula is C14H32NS+. The summed E-state index contributed by atoms with van der Waals surface area (Å²) in [6.45, 7) is 5.69. The molecule has 0 saturated carbocycles. The van der Waals surface area contributed by atoms with Gasteiger partial charge in [-0.05, 0) is 30.3 Å². The van der Waals surface area contributed by atoms with E-state index in [1.54, 1.807) is 0 Å². The predicted octanol–water partition coefficient (Wildman–Crippen LogP) is 3.88. The van der Waals surface area contributed by atoms with Gasteiger partial charge in [-0.3, -0.25) is 0 Å². The molecule has 0 fully saturated rings. The van der Waals surface area contributed by atoms with Crippen LogP contribution in [-0.4, -0.2) is 17.5 Å². The maximum Gasteiger partial charge on any atom is 0.0739 e. The number of rotatable bonds is 12. The highest BCUT2D eigenvalue weighted by Crippen LogP contribution is 2.14. The van der Waals surface area contributed by atoms with E-state index in [0.717, 1.165) is 11.8 Å². The highest BCUT2D eigenvalue weighted by Gasteiger charge is 1.95. The number of quaternary nitrogens is 1. The van der Waals surface area contributed by atoms with E-state index in [1.165, 1.54) is 63.5 Å². The minimum absolute atomic E-state index is 0.813. The third-order valence-electron chi connectivity index (χ3n) is 2.85. The van der Waals surface area contributed by atoms with Crippen molar-refractivity contribution in [2.24, 2.45) is 0 Å². The molecule has 0 aliphatic heterocycles. The normalized spacial score (nSPS) is 11.2. The molecule has 3 N–H and O–H groups in total. The lowest BCUT2D eigenvalue weighted by Gasteiger charge is -2.04. The monoisotopic (exact) mass is 246 g/mol. The number of unbranched alkanes of at least 4 members (excludes halogenated alkanes) is 8. The highest BCUT2D eigenvalue weighted by atomic mass is 32.2. The van der Waals surface area contributed by atoms with E-state index >= 15 is 0 Å². The summed E-state index contributed by atoms with van der Waals surface area (Å²) < 4.78 is 0. The molecule has 0 heterocycles. The van der Waals surface area contributed by atoms with Crippen LogP contribution in [0.25, 0.3) is 0 Å². The minimum Gasteiger partial charge on any atom is -0.358 e. The van der Waals surface area contributed by atoms with Gasteiger partial charge < -0.3 is 5.73 Å². The summed E-state index contributed by atoms with van der Waals surface area (Å²) in [6.07, 6.45) is 12.8.